The molecule has 0 radical (unpaired) electrons. The van der Waals surface area contributed by atoms with E-state index in [1.165, 1.54) is 0 Å². The van der Waals surface area contributed by atoms with E-state index in [2.05, 4.69) is 20.6 Å². The molecule has 1 aromatic carbocycles. The van der Waals surface area contributed by atoms with Crippen molar-refractivity contribution in [2.75, 3.05) is 23.8 Å². The lowest BCUT2D eigenvalue weighted by molar-refractivity contribution is 0.102. The minimum absolute atomic E-state index is 0.198. The molecular formula is C17H19ClN4O2. The van der Waals surface area contributed by atoms with E-state index in [0.29, 0.717) is 34.6 Å². The van der Waals surface area contributed by atoms with Crippen molar-refractivity contribution in [3.8, 4) is 0 Å². The fourth-order valence-corrected chi connectivity index (χ4v) is 2.75. The Morgan fingerprint density at radius 2 is 2.25 bits per heavy atom. The number of carbonyl (C=O) groups excluding carboxylic acids is 1. The number of amides is 1. The summed E-state index contributed by atoms with van der Waals surface area (Å²) in [6.07, 6.45) is 2.32. The first-order valence-corrected chi connectivity index (χ1v) is 8.26. The lowest BCUT2D eigenvalue weighted by atomic mass is 10.2. The van der Waals surface area contributed by atoms with Crippen molar-refractivity contribution in [3.63, 3.8) is 0 Å². The molecule has 0 bridgehead atoms. The Bertz CT molecular complexity index is 732. The molecule has 1 saturated heterocycles. The molecule has 0 spiro atoms. The maximum Gasteiger partial charge on any atom is 0.274 e. The largest absolute Gasteiger partial charge is 0.376 e. The van der Waals surface area contributed by atoms with E-state index in [1.807, 2.05) is 0 Å². The minimum Gasteiger partial charge on any atom is -0.376 e. The molecule has 1 atom stereocenters. The number of rotatable bonds is 5. The van der Waals surface area contributed by atoms with Crippen LogP contribution in [0, 0.1) is 6.92 Å². The van der Waals surface area contributed by atoms with Gasteiger partial charge in [0.15, 0.2) is 0 Å². The third-order valence-electron chi connectivity index (χ3n) is 3.69. The number of carbonyl (C=O) groups is 1. The SMILES string of the molecule is Cc1nc(NCC2CCCO2)cc(C(=O)Nc2cccc(Cl)c2)n1. The molecule has 126 valence electrons. The van der Waals surface area contributed by atoms with Crippen molar-refractivity contribution in [1.29, 1.82) is 0 Å². The Morgan fingerprint density at radius 1 is 1.38 bits per heavy atom. The second-order valence-corrected chi connectivity index (χ2v) is 6.10. The van der Waals surface area contributed by atoms with Crippen molar-refractivity contribution >= 4 is 29.0 Å². The highest BCUT2D eigenvalue weighted by Gasteiger charge is 2.16. The van der Waals surface area contributed by atoms with Crippen LogP contribution in [0.4, 0.5) is 11.5 Å². The maximum absolute atomic E-state index is 12.4. The highest BCUT2D eigenvalue weighted by Crippen LogP contribution is 2.17. The second-order valence-electron chi connectivity index (χ2n) is 5.67. The van der Waals surface area contributed by atoms with Crippen LogP contribution in [0.25, 0.3) is 0 Å². The van der Waals surface area contributed by atoms with Gasteiger partial charge in [-0.3, -0.25) is 4.79 Å². The molecule has 1 unspecified atom stereocenters. The molecule has 6 nitrogen and oxygen atoms in total. The summed E-state index contributed by atoms with van der Waals surface area (Å²) < 4.78 is 5.58. The first kappa shape index (κ1) is 16.7. The van der Waals surface area contributed by atoms with E-state index in [4.69, 9.17) is 16.3 Å². The second kappa shape index (κ2) is 7.59. The molecule has 1 aliphatic rings. The maximum atomic E-state index is 12.4. The van der Waals surface area contributed by atoms with Gasteiger partial charge < -0.3 is 15.4 Å². The number of hydrogen-bond donors (Lipinski definition) is 2. The van der Waals surface area contributed by atoms with Crippen LogP contribution in [0.2, 0.25) is 5.02 Å². The van der Waals surface area contributed by atoms with Crippen molar-refractivity contribution < 1.29 is 9.53 Å². The lowest BCUT2D eigenvalue weighted by Gasteiger charge is -2.12. The van der Waals surface area contributed by atoms with Gasteiger partial charge in [0.05, 0.1) is 6.10 Å². The molecule has 1 amide bonds. The van der Waals surface area contributed by atoms with E-state index in [9.17, 15) is 4.79 Å². The quantitative estimate of drug-likeness (QED) is 0.868. The molecule has 2 aromatic rings. The topological polar surface area (TPSA) is 76.1 Å². The van der Waals surface area contributed by atoms with E-state index in [0.717, 1.165) is 19.4 Å². The Morgan fingerprint density at radius 3 is 3.00 bits per heavy atom. The number of hydrogen-bond acceptors (Lipinski definition) is 5. The molecule has 2 N–H and O–H groups in total. The molecular weight excluding hydrogens is 328 g/mol. The number of aryl methyl sites for hydroxylation is 1. The van der Waals surface area contributed by atoms with Gasteiger partial charge in [0.25, 0.3) is 5.91 Å². The van der Waals surface area contributed by atoms with E-state index in [-0.39, 0.29) is 12.0 Å². The number of anilines is 2. The standard InChI is InChI=1S/C17H19ClN4O2/c1-11-20-15(17(23)22-13-5-2-4-12(18)8-13)9-16(21-11)19-10-14-6-3-7-24-14/h2,4-5,8-9,14H,3,6-7,10H2,1H3,(H,22,23)(H,19,20,21). The highest BCUT2D eigenvalue weighted by molar-refractivity contribution is 6.30. The summed E-state index contributed by atoms with van der Waals surface area (Å²) in [4.78, 5) is 20.9. The number of nitrogens with one attached hydrogen (secondary N) is 2. The van der Waals surface area contributed by atoms with Crippen LogP contribution in [0.1, 0.15) is 29.2 Å². The number of halogens is 1. The Labute approximate surface area is 145 Å². The van der Waals surface area contributed by atoms with Crippen LogP contribution in [-0.4, -0.2) is 35.1 Å². The fraction of sp³-hybridized carbons (Fsp3) is 0.353. The smallest absolute Gasteiger partial charge is 0.274 e. The zero-order chi connectivity index (χ0) is 16.9. The number of aromatic nitrogens is 2. The average molecular weight is 347 g/mol. The number of nitrogens with zero attached hydrogens (tertiary/aromatic N) is 2. The molecule has 24 heavy (non-hydrogen) atoms. The van der Waals surface area contributed by atoms with Gasteiger partial charge in [-0.25, -0.2) is 9.97 Å². The summed E-state index contributed by atoms with van der Waals surface area (Å²) in [7, 11) is 0. The molecule has 0 aliphatic carbocycles. The molecule has 1 aromatic heterocycles. The zero-order valence-electron chi connectivity index (χ0n) is 13.4. The summed E-state index contributed by atoms with van der Waals surface area (Å²) in [6, 6.07) is 8.62. The van der Waals surface area contributed by atoms with Crippen molar-refractivity contribution in [1.82, 2.24) is 9.97 Å². The van der Waals surface area contributed by atoms with Crippen molar-refractivity contribution in [3.05, 3.63) is 46.9 Å². The summed E-state index contributed by atoms with van der Waals surface area (Å²) in [5, 5.41) is 6.56. The molecule has 2 heterocycles. The van der Waals surface area contributed by atoms with Crippen LogP contribution in [0.5, 0.6) is 0 Å². The van der Waals surface area contributed by atoms with Crippen LogP contribution in [0.15, 0.2) is 30.3 Å². The van der Waals surface area contributed by atoms with Crippen molar-refractivity contribution in [2.45, 2.75) is 25.9 Å². The minimum atomic E-state index is -0.303. The highest BCUT2D eigenvalue weighted by atomic mass is 35.5. The van der Waals surface area contributed by atoms with Crippen LogP contribution in [-0.2, 0) is 4.74 Å². The van der Waals surface area contributed by atoms with Gasteiger partial charge in [-0.05, 0) is 38.0 Å². The summed E-state index contributed by atoms with van der Waals surface area (Å²) in [5.74, 6) is 0.848. The zero-order valence-corrected chi connectivity index (χ0v) is 14.1. The number of benzene rings is 1. The Balaban J connectivity index is 1.68. The lowest BCUT2D eigenvalue weighted by Crippen LogP contribution is -2.20. The molecule has 1 aliphatic heterocycles. The molecule has 7 heteroatoms. The van der Waals surface area contributed by atoms with Gasteiger partial charge in [0.2, 0.25) is 0 Å². The van der Waals surface area contributed by atoms with Crippen LogP contribution < -0.4 is 10.6 Å². The average Bonchev–Trinajstić information content (AvgIpc) is 3.06. The molecule has 1 fully saturated rings. The van der Waals surface area contributed by atoms with Gasteiger partial charge >= 0.3 is 0 Å². The summed E-state index contributed by atoms with van der Waals surface area (Å²) in [6.45, 7) is 3.24. The third-order valence-corrected chi connectivity index (χ3v) is 3.92. The monoisotopic (exact) mass is 346 g/mol. The van der Waals surface area contributed by atoms with Crippen LogP contribution in [0.3, 0.4) is 0 Å². The summed E-state index contributed by atoms with van der Waals surface area (Å²) >= 11 is 5.93. The first-order chi connectivity index (χ1) is 11.6. The van der Waals surface area contributed by atoms with E-state index < -0.39 is 0 Å². The van der Waals surface area contributed by atoms with E-state index in [1.54, 1.807) is 37.3 Å². The first-order valence-electron chi connectivity index (χ1n) is 7.88. The predicted octanol–water partition coefficient (Wildman–Crippen LogP) is 3.28. The number of ether oxygens (including phenoxy) is 1. The van der Waals surface area contributed by atoms with Gasteiger partial charge in [0, 0.05) is 29.9 Å². The van der Waals surface area contributed by atoms with Crippen molar-refractivity contribution in [2.24, 2.45) is 0 Å². The van der Waals surface area contributed by atoms with E-state index >= 15 is 0 Å². The molecule has 0 saturated carbocycles. The Kier molecular flexibility index (Phi) is 5.27. The fourth-order valence-electron chi connectivity index (χ4n) is 2.56. The third kappa shape index (κ3) is 4.43. The molecule has 3 rings (SSSR count). The Hall–Kier alpha value is -2.18. The van der Waals surface area contributed by atoms with Crippen LogP contribution >= 0.6 is 11.6 Å². The summed E-state index contributed by atoms with van der Waals surface area (Å²) in [5.41, 5.74) is 0.926. The normalized spacial score (nSPS) is 16.8. The van der Waals surface area contributed by atoms with Gasteiger partial charge in [-0.1, -0.05) is 17.7 Å². The van der Waals surface area contributed by atoms with Gasteiger partial charge in [0.1, 0.15) is 17.3 Å². The van der Waals surface area contributed by atoms with Gasteiger partial charge in [-0.2, -0.15) is 0 Å². The predicted molar refractivity (Wildman–Crippen MR) is 93.6 cm³/mol. The van der Waals surface area contributed by atoms with Gasteiger partial charge in [-0.15, -0.1) is 0 Å².